The summed E-state index contributed by atoms with van der Waals surface area (Å²) in [6.07, 6.45) is 0. The van der Waals surface area contributed by atoms with E-state index in [4.69, 9.17) is 9.47 Å². The van der Waals surface area contributed by atoms with Gasteiger partial charge in [-0.2, -0.15) is 0 Å². The number of amides is 1. The Labute approximate surface area is 215 Å². The minimum Gasteiger partial charge on any atom is -0.503 e. The Morgan fingerprint density at radius 2 is 1.92 bits per heavy atom. The highest BCUT2D eigenvalue weighted by Gasteiger charge is 2.47. The van der Waals surface area contributed by atoms with E-state index in [0.29, 0.717) is 44.9 Å². The number of carbonyl (C=O) groups excluding carboxylic acids is 2. The van der Waals surface area contributed by atoms with Crippen LogP contribution in [0.15, 0.2) is 53.8 Å². The van der Waals surface area contributed by atoms with Gasteiger partial charge in [0.1, 0.15) is 17.5 Å². The number of nitrogens with zero attached hydrogens (tertiary/aromatic N) is 3. The Hall–Kier alpha value is -3.76. The van der Waals surface area contributed by atoms with Gasteiger partial charge in [-0.25, -0.2) is 9.97 Å². The summed E-state index contributed by atoms with van der Waals surface area (Å²) in [5, 5.41) is 12.1. The minimum atomic E-state index is -0.935. The van der Waals surface area contributed by atoms with Crippen LogP contribution < -0.4 is 14.4 Å². The van der Waals surface area contributed by atoms with Gasteiger partial charge in [-0.1, -0.05) is 29.5 Å². The molecule has 2 aromatic heterocycles. The van der Waals surface area contributed by atoms with E-state index in [9.17, 15) is 14.7 Å². The number of hydrogen-bond acceptors (Lipinski definition) is 9. The van der Waals surface area contributed by atoms with Crippen molar-refractivity contribution in [2.75, 3.05) is 18.6 Å². The van der Waals surface area contributed by atoms with Gasteiger partial charge < -0.3 is 14.6 Å². The largest absolute Gasteiger partial charge is 0.503 e. The zero-order valence-electron chi connectivity index (χ0n) is 20.1. The van der Waals surface area contributed by atoms with Crippen molar-refractivity contribution in [3.8, 4) is 11.5 Å². The predicted octanol–water partition coefficient (Wildman–Crippen LogP) is 5.56. The Morgan fingerprint density at radius 1 is 1.14 bits per heavy atom. The molecule has 8 nitrogen and oxygen atoms in total. The highest BCUT2D eigenvalue weighted by molar-refractivity contribution is 7.22. The van der Waals surface area contributed by atoms with Crippen molar-refractivity contribution in [3.63, 3.8) is 0 Å². The van der Waals surface area contributed by atoms with Gasteiger partial charge in [0.25, 0.3) is 5.91 Å². The molecule has 1 atom stereocenters. The lowest BCUT2D eigenvalue weighted by Crippen LogP contribution is -2.31. The second kappa shape index (κ2) is 9.36. The van der Waals surface area contributed by atoms with E-state index in [0.717, 1.165) is 9.71 Å². The Morgan fingerprint density at radius 3 is 2.61 bits per heavy atom. The van der Waals surface area contributed by atoms with Gasteiger partial charge in [-0.3, -0.25) is 14.5 Å². The lowest BCUT2D eigenvalue weighted by Gasteiger charge is -2.25. The van der Waals surface area contributed by atoms with Crippen molar-refractivity contribution < 1.29 is 24.2 Å². The number of methoxy groups -OCH3 is 1. The Kier molecular flexibility index (Phi) is 6.23. The van der Waals surface area contributed by atoms with E-state index in [1.54, 1.807) is 31.2 Å². The van der Waals surface area contributed by atoms with Crippen molar-refractivity contribution in [1.29, 1.82) is 0 Å². The van der Waals surface area contributed by atoms with Crippen LogP contribution in [0, 0.1) is 13.8 Å². The molecule has 0 spiro atoms. The van der Waals surface area contributed by atoms with Gasteiger partial charge in [0.2, 0.25) is 5.78 Å². The summed E-state index contributed by atoms with van der Waals surface area (Å²) in [5.74, 6) is -0.561. The molecule has 10 heteroatoms. The maximum absolute atomic E-state index is 13.8. The fraction of sp³-hybridized carbons (Fsp3) is 0.231. The summed E-state index contributed by atoms with van der Waals surface area (Å²) >= 11 is 2.52. The molecule has 0 radical (unpaired) electrons. The predicted molar refractivity (Wildman–Crippen MR) is 140 cm³/mol. The molecule has 0 saturated carbocycles. The van der Waals surface area contributed by atoms with Gasteiger partial charge in [0, 0.05) is 5.56 Å². The zero-order valence-corrected chi connectivity index (χ0v) is 21.7. The SMILES string of the molecule is CCOc1ccc2nc(N3C(=O)C(O)=C(C(=O)c4sc(C)nc4C)C3c3ccccc3OC)sc2c1. The van der Waals surface area contributed by atoms with Crippen LogP contribution in [0.2, 0.25) is 0 Å². The van der Waals surface area contributed by atoms with Crippen molar-refractivity contribution in [1.82, 2.24) is 9.97 Å². The highest BCUT2D eigenvalue weighted by Crippen LogP contribution is 2.47. The number of thiazole rings is 2. The number of ether oxygens (including phenoxy) is 2. The lowest BCUT2D eigenvalue weighted by molar-refractivity contribution is -0.117. The number of anilines is 1. The fourth-order valence-corrected chi connectivity index (χ4v) is 6.23. The van der Waals surface area contributed by atoms with Crippen LogP contribution in [0.25, 0.3) is 10.2 Å². The van der Waals surface area contributed by atoms with Crippen molar-refractivity contribution in [3.05, 3.63) is 74.9 Å². The molecular weight excluding hydrogens is 498 g/mol. The molecule has 36 heavy (non-hydrogen) atoms. The van der Waals surface area contributed by atoms with E-state index < -0.39 is 23.5 Å². The first-order chi connectivity index (χ1) is 17.3. The monoisotopic (exact) mass is 521 g/mol. The average molecular weight is 522 g/mol. The van der Waals surface area contributed by atoms with E-state index in [-0.39, 0.29) is 5.57 Å². The van der Waals surface area contributed by atoms with Gasteiger partial charge in [0.15, 0.2) is 10.9 Å². The van der Waals surface area contributed by atoms with Crippen LogP contribution >= 0.6 is 22.7 Å². The molecule has 184 valence electrons. The first kappa shape index (κ1) is 24.0. The van der Waals surface area contributed by atoms with Gasteiger partial charge in [-0.05, 0) is 45.0 Å². The number of rotatable bonds is 7. The summed E-state index contributed by atoms with van der Waals surface area (Å²) in [6.45, 7) is 5.98. The van der Waals surface area contributed by atoms with Crippen LogP contribution in [-0.2, 0) is 4.79 Å². The molecule has 4 aromatic rings. The highest BCUT2D eigenvalue weighted by atomic mass is 32.1. The standard InChI is InChI=1S/C26H23N3O5S2/c1-5-34-15-10-11-17-19(12-15)36-26(28-17)29-21(16-8-6-7-9-18(16)33-4)20(23(31)25(29)32)22(30)24-13(2)27-14(3)35-24/h6-12,21,31H,5H2,1-4H3. The van der Waals surface area contributed by atoms with Gasteiger partial charge in [-0.15, -0.1) is 11.3 Å². The number of aromatic nitrogens is 2. The number of benzene rings is 2. The number of aliphatic hydroxyl groups is 1. The third kappa shape index (κ3) is 3.92. The molecular formula is C26H23N3O5S2. The van der Waals surface area contributed by atoms with Gasteiger partial charge in [0.05, 0.1) is 45.1 Å². The topological polar surface area (TPSA) is 102 Å². The summed E-state index contributed by atoms with van der Waals surface area (Å²) < 4.78 is 12.0. The van der Waals surface area contributed by atoms with E-state index >= 15 is 0 Å². The molecule has 0 aliphatic carbocycles. The Bertz CT molecular complexity index is 1540. The van der Waals surface area contributed by atoms with Crippen LogP contribution in [0.5, 0.6) is 11.5 Å². The summed E-state index contributed by atoms with van der Waals surface area (Å²) in [7, 11) is 1.52. The summed E-state index contributed by atoms with van der Waals surface area (Å²) in [4.78, 5) is 38.1. The number of para-hydroxylation sites is 1. The number of aliphatic hydroxyl groups excluding tert-OH is 1. The van der Waals surface area contributed by atoms with Crippen molar-refractivity contribution in [2.24, 2.45) is 0 Å². The second-order valence-electron chi connectivity index (χ2n) is 8.12. The number of Topliss-reactive ketones (excluding diaryl/α,β-unsaturated/α-hetero) is 1. The molecule has 0 bridgehead atoms. The first-order valence-corrected chi connectivity index (χ1v) is 12.9. The molecule has 1 N–H and O–H groups in total. The number of aryl methyl sites for hydroxylation is 2. The first-order valence-electron chi connectivity index (χ1n) is 11.3. The van der Waals surface area contributed by atoms with Crippen LogP contribution in [0.3, 0.4) is 0 Å². The molecule has 5 rings (SSSR count). The van der Waals surface area contributed by atoms with E-state index in [1.165, 1.54) is 34.7 Å². The normalized spacial score (nSPS) is 15.7. The number of ketones is 1. The van der Waals surface area contributed by atoms with Crippen LogP contribution in [0.1, 0.15) is 38.9 Å². The molecule has 3 heterocycles. The van der Waals surface area contributed by atoms with Crippen molar-refractivity contribution >= 4 is 49.7 Å². The molecule has 1 unspecified atom stereocenters. The number of hydrogen-bond donors (Lipinski definition) is 1. The van der Waals surface area contributed by atoms with Crippen LogP contribution in [0.4, 0.5) is 5.13 Å². The van der Waals surface area contributed by atoms with Gasteiger partial charge >= 0.3 is 0 Å². The third-order valence-corrected chi connectivity index (χ3v) is 7.95. The Balaban J connectivity index is 1.69. The number of carbonyl (C=O) groups is 2. The lowest BCUT2D eigenvalue weighted by atomic mass is 9.94. The third-order valence-electron chi connectivity index (χ3n) is 5.86. The van der Waals surface area contributed by atoms with Crippen molar-refractivity contribution in [2.45, 2.75) is 26.8 Å². The quantitative estimate of drug-likeness (QED) is 0.318. The molecule has 1 aliphatic rings. The summed E-state index contributed by atoms with van der Waals surface area (Å²) in [5.41, 5.74) is 1.77. The molecule has 0 fully saturated rings. The molecule has 1 amide bonds. The second-order valence-corrected chi connectivity index (χ2v) is 10.3. The van der Waals surface area contributed by atoms with Crippen LogP contribution in [-0.4, -0.2) is 40.5 Å². The molecule has 0 saturated heterocycles. The smallest absolute Gasteiger partial charge is 0.296 e. The molecule has 1 aliphatic heterocycles. The van der Waals surface area contributed by atoms with E-state index in [1.807, 2.05) is 32.0 Å². The minimum absolute atomic E-state index is 0.0227. The fourth-order valence-electron chi connectivity index (χ4n) is 4.34. The maximum atomic E-state index is 13.8. The zero-order chi connectivity index (χ0) is 25.6. The number of fused-ring (bicyclic) bond motifs is 1. The summed E-state index contributed by atoms with van der Waals surface area (Å²) in [6, 6.07) is 11.7. The van der Waals surface area contributed by atoms with E-state index in [2.05, 4.69) is 9.97 Å². The molecule has 2 aromatic carbocycles. The maximum Gasteiger partial charge on any atom is 0.296 e. The average Bonchev–Trinajstić information content (AvgIpc) is 3.51.